The van der Waals surface area contributed by atoms with E-state index in [4.69, 9.17) is 6.85 Å². The highest BCUT2D eigenvalue weighted by atomic mass is 79.9. The predicted octanol–water partition coefficient (Wildman–Crippen LogP) is 12.2. The summed E-state index contributed by atoms with van der Waals surface area (Å²) in [7, 11) is 0. The molecule has 0 saturated carbocycles. The third-order valence-electron chi connectivity index (χ3n) is 8.16. The van der Waals surface area contributed by atoms with E-state index in [0.29, 0.717) is 5.56 Å². The van der Waals surface area contributed by atoms with Crippen LogP contribution in [0, 0.1) is 0 Å². The van der Waals surface area contributed by atoms with Gasteiger partial charge in [0.25, 0.3) is 0 Å². The molecule has 8 aromatic rings. The number of aromatic nitrogens is 1. The molecule has 0 unspecified atom stereocenters. The average molecular weight is 632 g/mol. The molecule has 0 aliphatic rings. The molecule has 0 aliphatic heterocycles. The molecule has 44 heavy (non-hydrogen) atoms. The first-order valence-corrected chi connectivity index (χ1v) is 15.3. The molecule has 0 aliphatic carbocycles. The monoisotopic (exact) mass is 630 g/mol. The first-order chi connectivity index (χ1) is 23.8. The molecule has 0 amide bonds. The molecule has 2 heteroatoms. The fraction of sp³-hybridized carbons (Fsp3) is 0. The van der Waals surface area contributed by atoms with Crippen LogP contribution in [0.5, 0.6) is 0 Å². The summed E-state index contributed by atoms with van der Waals surface area (Å²) in [6.07, 6.45) is 0. The number of rotatable bonds is 5. The second-order valence-corrected chi connectivity index (χ2v) is 11.7. The Kier molecular flexibility index (Phi) is 5.45. The molecule has 1 aromatic heterocycles. The maximum absolute atomic E-state index is 8.64. The quantitative estimate of drug-likeness (QED) is 0.178. The standard InChI is InChI=1S/C42H28BrN/c43-35-14-8-12-32(26-35)29-20-22-30(23-21-29)33-24-25-40-39-18-6-7-19-41(39)44(42(40)28-33)36-15-9-13-34(27-36)38-17-5-4-16-37(38)31-10-2-1-3-11-31/h1-28H/i1D,2D,3D,10D,11D. The Morgan fingerprint density at radius 2 is 1.05 bits per heavy atom. The van der Waals surface area contributed by atoms with Crippen LogP contribution in [0.1, 0.15) is 6.85 Å². The summed E-state index contributed by atoms with van der Waals surface area (Å²) in [6.45, 7) is 0. The van der Waals surface area contributed by atoms with Gasteiger partial charge in [-0.15, -0.1) is 0 Å². The molecule has 0 saturated heterocycles. The molecule has 208 valence electrons. The Balaban J connectivity index is 1.27. The molecule has 0 radical (unpaired) electrons. The number of fused-ring (bicyclic) bond motifs is 3. The number of hydrogen-bond donors (Lipinski definition) is 0. The van der Waals surface area contributed by atoms with Gasteiger partial charge in [-0.05, 0) is 80.9 Å². The highest BCUT2D eigenvalue weighted by Gasteiger charge is 2.15. The zero-order chi connectivity index (χ0) is 33.8. The Bertz CT molecular complexity index is 2540. The fourth-order valence-electron chi connectivity index (χ4n) is 6.10. The minimum Gasteiger partial charge on any atom is -0.309 e. The molecule has 1 nitrogen and oxygen atoms in total. The Labute approximate surface area is 272 Å². The summed E-state index contributed by atoms with van der Waals surface area (Å²) in [4.78, 5) is 0. The van der Waals surface area contributed by atoms with Gasteiger partial charge in [0.05, 0.1) is 17.9 Å². The number of para-hydroxylation sites is 1. The van der Waals surface area contributed by atoms with Gasteiger partial charge in [-0.2, -0.15) is 0 Å². The van der Waals surface area contributed by atoms with Gasteiger partial charge in [-0.25, -0.2) is 0 Å². The summed E-state index contributed by atoms with van der Waals surface area (Å²) in [5.41, 5.74) is 10.1. The second kappa shape index (κ2) is 11.1. The van der Waals surface area contributed by atoms with Crippen LogP contribution in [-0.4, -0.2) is 4.57 Å². The van der Waals surface area contributed by atoms with Crippen molar-refractivity contribution < 1.29 is 6.85 Å². The van der Waals surface area contributed by atoms with Gasteiger partial charge in [-0.3, -0.25) is 0 Å². The highest BCUT2D eigenvalue weighted by Crippen LogP contribution is 2.38. The molecule has 7 aromatic carbocycles. The number of hydrogen-bond acceptors (Lipinski definition) is 0. The first kappa shape index (κ1) is 21.5. The lowest BCUT2D eigenvalue weighted by Crippen LogP contribution is -1.95. The molecule has 0 fully saturated rings. The van der Waals surface area contributed by atoms with E-state index in [1.165, 1.54) is 0 Å². The maximum Gasteiger partial charge on any atom is 0.0629 e. The van der Waals surface area contributed by atoms with Gasteiger partial charge in [0.15, 0.2) is 0 Å². The van der Waals surface area contributed by atoms with Gasteiger partial charge in [0, 0.05) is 20.9 Å². The molecule has 0 N–H and O–H groups in total. The second-order valence-electron chi connectivity index (χ2n) is 10.8. The van der Waals surface area contributed by atoms with Crippen molar-refractivity contribution >= 4 is 37.7 Å². The van der Waals surface area contributed by atoms with E-state index in [1.807, 2.05) is 48.5 Å². The van der Waals surface area contributed by atoms with E-state index in [2.05, 4.69) is 111 Å². The SMILES string of the molecule is [2H]c1c([2H])c([2H])c(-c2ccccc2-c2cccc(-n3c4ccccc4c4ccc(-c5ccc(-c6cccc(Br)c6)cc5)cc43)c2)c([2H])c1[2H]. The van der Waals surface area contributed by atoms with Gasteiger partial charge >= 0.3 is 0 Å². The first-order valence-electron chi connectivity index (χ1n) is 17.0. The van der Waals surface area contributed by atoms with Crippen LogP contribution >= 0.6 is 15.9 Å². The van der Waals surface area contributed by atoms with Crippen molar-refractivity contribution in [2.75, 3.05) is 0 Å². The van der Waals surface area contributed by atoms with Crippen molar-refractivity contribution in [1.29, 1.82) is 0 Å². The molecule has 0 spiro atoms. The lowest BCUT2D eigenvalue weighted by Gasteiger charge is -2.14. The third-order valence-corrected chi connectivity index (χ3v) is 8.65. The van der Waals surface area contributed by atoms with Crippen molar-refractivity contribution in [3.8, 4) is 50.2 Å². The molecule has 0 atom stereocenters. The normalized spacial score (nSPS) is 12.9. The summed E-state index contributed by atoms with van der Waals surface area (Å²) in [5.74, 6) is 0. The lowest BCUT2D eigenvalue weighted by atomic mass is 9.94. The minimum absolute atomic E-state index is 0.194. The van der Waals surface area contributed by atoms with Crippen molar-refractivity contribution in [1.82, 2.24) is 4.57 Å². The number of halogens is 1. The summed E-state index contributed by atoms with van der Waals surface area (Å²) >= 11 is 3.58. The maximum atomic E-state index is 8.64. The van der Waals surface area contributed by atoms with Crippen LogP contribution < -0.4 is 0 Å². The van der Waals surface area contributed by atoms with E-state index in [9.17, 15) is 0 Å². The Morgan fingerprint density at radius 3 is 1.82 bits per heavy atom. The zero-order valence-electron chi connectivity index (χ0n) is 28.6. The van der Waals surface area contributed by atoms with E-state index in [1.54, 1.807) is 0 Å². The van der Waals surface area contributed by atoms with Gasteiger partial charge in [0.1, 0.15) is 0 Å². The smallest absolute Gasteiger partial charge is 0.0629 e. The summed E-state index contributed by atoms with van der Waals surface area (Å²) in [6, 6.07) is 46.2. The van der Waals surface area contributed by atoms with Crippen LogP contribution in [0.2, 0.25) is 0 Å². The van der Waals surface area contributed by atoms with Crippen molar-refractivity contribution in [2.45, 2.75) is 0 Å². The zero-order valence-corrected chi connectivity index (χ0v) is 25.2. The van der Waals surface area contributed by atoms with Crippen molar-refractivity contribution in [3.63, 3.8) is 0 Å². The van der Waals surface area contributed by atoms with Gasteiger partial charge in [-0.1, -0.05) is 149 Å². The van der Waals surface area contributed by atoms with Crippen molar-refractivity contribution in [2.24, 2.45) is 0 Å². The molecule has 8 rings (SSSR count). The van der Waals surface area contributed by atoms with Crippen LogP contribution in [0.15, 0.2) is 174 Å². The number of benzene rings is 7. The van der Waals surface area contributed by atoms with Crippen LogP contribution in [0.3, 0.4) is 0 Å². The third kappa shape index (κ3) is 4.74. The fourth-order valence-corrected chi connectivity index (χ4v) is 6.50. The van der Waals surface area contributed by atoms with Gasteiger partial charge in [0.2, 0.25) is 0 Å². The number of nitrogens with zero attached hydrogens (tertiary/aromatic N) is 1. The minimum atomic E-state index is -0.399. The van der Waals surface area contributed by atoms with E-state index in [0.717, 1.165) is 65.3 Å². The Morgan fingerprint density at radius 1 is 0.432 bits per heavy atom. The summed E-state index contributed by atoms with van der Waals surface area (Å²) in [5, 5.41) is 2.30. The topological polar surface area (TPSA) is 4.93 Å². The predicted molar refractivity (Wildman–Crippen MR) is 190 cm³/mol. The average Bonchev–Trinajstić information content (AvgIpc) is 3.47. The highest BCUT2D eigenvalue weighted by molar-refractivity contribution is 9.10. The largest absolute Gasteiger partial charge is 0.309 e. The van der Waals surface area contributed by atoms with Crippen LogP contribution in [0.25, 0.3) is 72.0 Å². The summed E-state index contributed by atoms with van der Waals surface area (Å²) < 4.78 is 45.2. The molecule has 0 bridgehead atoms. The molecular formula is C42H28BrN. The molecular weight excluding hydrogens is 598 g/mol. The van der Waals surface area contributed by atoms with Gasteiger partial charge < -0.3 is 4.57 Å². The van der Waals surface area contributed by atoms with E-state index in [-0.39, 0.29) is 29.7 Å². The van der Waals surface area contributed by atoms with Crippen LogP contribution in [-0.2, 0) is 0 Å². The van der Waals surface area contributed by atoms with E-state index >= 15 is 0 Å². The lowest BCUT2D eigenvalue weighted by molar-refractivity contribution is 1.18. The molecule has 1 heterocycles. The van der Waals surface area contributed by atoms with E-state index < -0.39 is 6.04 Å². The Hall–Kier alpha value is -5.18. The van der Waals surface area contributed by atoms with Crippen molar-refractivity contribution in [3.05, 3.63) is 174 Å². The van der Waals surface area contributed by atoms with Crippen LogP contribution in [0.4, 0.5) is 0 Å².